The zero-order chi connectivity index (χ0) is 18.2. The molecule has 1 aromatic heterocycles. The molecule has 1 N–H and O–H groups in total. The van der Waals surface area contributed by atoms with Gasteiger partial charge in [-0.05, 0) is 32.5 Å². The molecule has 0 amide bonds. The first-order chi connectivity index (χ1) is 11.8. The molecule has 0 radical (unpaired) electrons. The molecule has 1 aliphatic heterocycles. The van der Waals surface area contributed by atoms with Gasteiger partial charge in [0.25, 0.3) is 0 Å². The second kappa shape index (κ2) is 6.86. The van der Waals surface area contributed by atoms with Crippen molar-refractivity contribution in [2.24, 2.45) is 0 Å². The van der Waals surface area contributed by atoms with Crippen LogP contribution in [0.5, 0.6) is 0 Å². The van der Waals surface area contributed by atoms with Crippen LogP contribution in [-0.2, 0) is 10.0 Å². The van der Waals surface area contributed by atoms with E-state index in [1.807, 2.05) is 32.7 Å². The lowest BCUT2D eigenvalue weighted by molar-refractivity contribution is 0.244. The number of aryl methyl sites for hydroxylation is 1. The van der Waals surface area contributed by atoms with Crippen LogP contribution >= 0.6 is 0 Å². The first-order valence-electron chi connectivity index (χ1n) is 8.39. The number of hydrogen-bond donors (Lipinski definition) is 1. The first-order valence-corrected chi connectivity index (χ1v) is 9.87. The number of nitrogens with one attached hydrogen (secondary N) is 1. The second-order valence-electron chi connectivity index (χ2n) is 6.97. The Morgan fingerprint density at radius 2 is 1.96 bits per heavy atom. The molecule has 2 aromatic rings. The molecular formula is C17H24N4O3S. The summed E-state index contributed by atoms with van der Waals surface area (Å²) in [5.74, 6) is 1.41. The van der Waals surface area contributed by atoms with Crippen molar-refractivity contribution in [2.75, 3.05) is 13.6 Å². The molecule has 0 spiro atoms. The summed E-state index contributed by atoms with van der Waals surface area (Å²) >= 11 is 0. The minimum atomic E-state index is -3.54. The summed E-state index contributed by atoms with van der Waals surface area (Å²) in [6.07, 6.45) is 0.599. The topological polar surface area (TPSA) is 88.3 Å². The van der Waals surface area contributed by atoms with Crippen LogP contribution in [0.2, 0.25) is 0 Å². The molecule has 1 aliphatic rings. The predicted molar refractivity (Wildman–Crippen MR) is 93.7 cm³/mol. The average molecular weight is 364 g/mol. The number of benzene rings is 1. The molecule has 1 saturated heterocycles. The smallest absolute Gasteiger partial charge is 0.244 e. The highest BCUT2D eigenvalue weighted by molar-refractivity contribution is 7.89. The van der Waals surface area contributed by atoms with E-state index in [4.69, 9.17) is 4.52 Å². The highest BCUT2D eigenvalue weighted by atomic mass is 32.2. The fourth-order valence-electron chi connectivity index (χ4n) is 3.00. The molecule has 1 aromatic carbocycles. The number of hydrogen-bond acceptors (Lipinski definition) is 6. The second-order valence-corrected chi connectivity index (χ2v) is 8.68. The number of likely N-dealkylation sites (N-methyl/N-ethyl adjacent to an activating group) is 1. The molecule has 2 heterocycles. The lowest BCUT2D eigenvalue weighted by Gasteiger charge is -2.14. The summed E-state index contributed by atoms with van der Waals surface area (Å²) in [7, 11) is -1.61. The molecule has 8 heteroatoms. The number of likely N-dealkylation sites (tertiary alicyclic amines) is 1. The van der Waals surface area contributed by atoms with E-state index in [1.54, 1.807) is 24.3 Å². The van der Waals surface area contributed by atoms with Crippen molar-refractivity contribution < 1.29 is 12.9 Å². The largest absolute Gasteiger partial charge is 0.338 e. The zero-order valence-electron chi connectivity index (χ0n) is 14.9. The summed E-state index contributed by atoms with van der Waals surface area (Å²) in [6.45, 7) is 6.53. The van der Waals surface area contributed by atoms with Crippen LogP contribution in [0.4, 0.5) is 0 Å². The van der Waals surface area contributed by atoms with Gasteiger partial charge in [0, 0.05) is 18.5 Å². The summed E-state index contributed by atoms with van der Waals surface area (Å²) in [5, 5.41) is 4.00. The van der Waals surface area contributed by atoms with E-state index < -0.39 is 10.0 Å². The molecule has 136 valence electrons. The van der Waals surface area contributed by atoms with Crippen LogP contribution in [-0.4, -0.2) is 43.1 Å². The number of sulfonamides is 1. The fourth-order valence-corrected chi connectivity index (χ4v) is 4.24. The van der Waals surface area contributed by atoms with Crippen molar-refractivity contribution in [2.45, 2.75) is 50.1 Å². The Hall–Kier alpha value is -1.77. The molecule has 7 nitrogen and oxygen atoms in total. The summed E-state index contributed by atoms with van der Waals surface area (Å²) < 4.78 is 33.3. The van der Waals surface area contributed by atoms with Crippen LogP contribution in [0.25, 0.3) is 0 Å². The van der Waals surface area contributed by atoms with Crippen molar-refractivity contribution in [3.05, 3.63) is 41.5 Å². The quantitative estimate of drug-likeness (QED) is 0.875. The number of nitrogens with zero attached hydrogens (tertiary/aromatic N) is 3. The van der Waals surface area contributed by atoms with E-state index in [1.165, 1.54) is 0 Å². The van der Waals surface area contributed by atoms with Gasteiger partial charge in [-0.2, -0.15) is 4.98 Å². The molecule has 2 atom stereocenters. The van der Waals surface area contributed by atoms with Crippen LogP contribution in [0.1, 0.15) is 49.5 Å². The van der Waals surface area contributed by atoms with Crippen molar-refractivity contribution in [3.63, 3.8) is 0 Å². The van der Waals surface area contributed by atoms with E-state index in [0.717, 1.165) is 5.56 Å². The van der Waals surface area contributed by atoms with Gasteiger partial charge in [-0.25, -0.2) is 13.1 Å². The molecule has 0 saturated carbocycles. The van der Waals surface area contributed by atoms with Crippen molar-refractivity contribution in [1.82, 2.24) is 19.8 Å². The van der Waals surface area contributed by atoms with Gasteiger partial charge in [-0.15, -0.1) is 0 Å². The molecule has 25 heavy (non-hydrogen) atoms. The Bertz CT molecular complexity index is 830. The minimum absolute atomic E-state index is 0.0780. The maximum absolute atomic E-state index is 12.6. The third-order valence-corrected chi connectivity index (χ3v) is 6.00. The van der Waals surface area contributed by atoms with Crippen molar-refractivity contribution in [3.8, 4) is 0 Å². The van der Waals surface area contributed by atoms with Gasteiger partial charge in [0.15, 0.2) is 5.82 Å². The molecule has 0 aliphatic carbocycles. The van der Waals surface area contributed by atoms with Gasteiger partial charge in [0.1, 0.15) is 0 Å². The lowest BCUT2D eigenvalue weighted by Crippen LogP contribution is -2.36. The molecular weight excluding hydrogens is 340 g/mol. The molecule has 3 rings (SSSR count). The van der Waals surface area contributed by atoms with Gasteiger partial charge in [0.2, 0.25) is 15.9 Å². The van der Waals surface area contributed by atoms with Gasteiger partial charge in [0.05, 0.1) is 10.9 Å². The minimum Gasteiger partial charge on any atom is -0.338 e. The SMILES string of the molecule is Cc1ccc(S(=O)(=O)NC2CC(c3nc(C(C)C)no3)N(C)C2)cc1. The standard InChI is InChI=1S/C17H24N4O3S/c1-11(2)16-18-17(24-19-16)15-9-13(10-21(15)4)20-25(22,23)14-7-5-12(3)6-8-14/h5-8,11,13,15,20H,9-10H2,1-4H3. The Balaban J connectivity index is 1.71. The monoisotopic (exact) mass is 364 g/mol. The summed E-state index contributed by atoms with van der Waals surface area (Å²) in [4.78, 5) is 6.77. The Morgan fingerprint density at radius 3 is 2.56 bits per heavy atom. The van der Waals surface area contributed by atoms with E-state index >= 15 is 0 Å². The third kappa shape index (κ3) is 3.91. The fraction of sp³-hybridized carbons (Fsp3) is 0.529. The van der Waals surface area contributed by atoms with Gasteiger partial charge in [-0.1, -0.05) is 36.7 Å². The van der Waals surface area contributed by atoms with E-state index in [2.05, 4.69) is 14.9 Å². The Morgan fingerprint density at radius 1 is 1.28 bits per heavy atom. The maximum atomic E-state index is 12.6. The lowest BCUT2D eigenvalue weighted by atomic mass is 10.2. The molecule has 0 bridgehead atoms. The van der Waals surface area contributed by atoms with Crippen molar-refractivity contribution in [1.29, 1.82) is 0 Å². The van der Waals surface area contributed by atoms with Crippen LogP contribution < -0.4 is 4.72 Å². The van der Waals surface area contributed by atoms with Crippen molar-refractivity contribution >= 4 is 10.0 Å². The first kappa shape index (κ1) is 18.0. The van der Waals surface area contributed by atoms with Gasteiger partial charge < -0.3 is 4.52 Å². The normalized spacial score (nSPS) is 22.0. The highest BCUT2D eigenvalue weighted by Gasteiger charge is 2.36. The van der Waals surface area contributed by atoms with Gasteiger partial charge in [-0.3, -0.25) is 4.90 Å². The zero-order valence-corrected chi connectivity index (χ0v) is 15.7. The van der Waals surface area contributed by atoms with Crippen LogP contribution in [0.15, 0.2) is 33.7 Å². The van der Waals surface area contributed by atoms with Gasteiger partial charge >= 0.3 is 0 Å². The van der Waals surface area contributed by atoms with Crippen LogP contribution in [0.3, 0.4) is 0 Å². The molecule has 2 unspecified atom stereocenters. The predicted octanol–water partition coefficient (Wildman–Crippen LogP) is 2.23. The average Bonchev–Trinajstić information content (AvgIpc) is 3.14. The van der Waals surface area contributed by atoms with E-state index in [9.17, 15) is 8.42 Å². The van der Waals surface area contributed by atoms with E-state index in [-0.39, 0.29) is 22.9 Å². The summed E-state index contributed by atoms with van der Waals surface area (Å²) in [6, 6.07) is 6.57. The maximum Gasteiger partial charge on any atom is 0.244 e. The van der Waals surface area contributed by atoms with Crippen LogP contribution in [0, 0.1) is 6.92 Å². The Labute approximate surface area is 148 Å². The Kier molecular flexibility index (Phi) is 4.95. The summed E-state index contributed by atoms with van der Waals surface area (Å²) in [5.41, 5.74) is 1.02. The molecule has 1 fully saturated rings. The highest BCUT2D eigenvalue weighted by Crippen LogP contribution is 2.31. The number of aromatic nitrogens is 2. The third-order valence-electron chi connectivity index (χ3n) is 4.46. The van der Waals surface area contributed by atoms with E-state index in [0.29, 0.717) is 24.7 Å². The number of rotatable bonds is 5.